The highest BCUT2D eigenvalue weighted by Crippen LogP contribution is 2.36. The Hall–Kier alpha value is -2.20. The van der Waals surface area contributed by atoms with Crippen LogP contribution in [0.4, 0.5) is 0 Å². The van der Waals surface area contributed by atoms with Crippen LogP contribution in [0.1, 0.15) is 36.1 Å². The molecule has 2 saturated heterocycles. The number of aliphatic hydroxyl groups is 2. The lowest BCUT2D eigenvalue weighted by atomic mass is 9.77. The Kier molecular flexibility index (Phi) is 10.6. The number of aryl methyl sites for hydroxylation is 2. The lowest BCUT2D eigenvalue weighted by Gasteiger charge is -2.29. The van der Waals surface area contributed by atoms with Crippen LogP contribution >= 0.6 is 0 Å². The van der Waals surface area contributed by atoms with Crippen LogP contribution in [0.3, 0.4) is 0 Å². The maximum atomic E-state index is 10.4. The molecule has 2 aromatic carbocycles. The maximum absolute atomic E-state index is 10.4. The zero-order valence-electron chi connectivity index (χ0n) is 24.0. The number of ether oxygens (including phenoxy) is 4. The van der Waals surface area contributed by atoms with E-state index in [-0.39, 0.29) is 18.6 Å². The summed E-state index contributed by atoms with van der Waals surface area (Å²) < 4.78 is 22.7. The van der Waals surface area contributed by atoms with Gasteiger partial charge in [0, 0.05) is 44.7 Å². The van der Waals surface area contributed by atoms with Crippen LogP contribution in [0.5, 0.6) is 11.5 Å². The van der Waals surface area contributed by atoms with Crippen molar-refractivity contribution in [3.63, 3.8) is 0 Å². The molecular weight excluding hydrogens is 496 g/mol. The van der Waals surface area contributed by atoms with Crippen LogP contribution in [0, 0.1) is 13.8 Å². The van der Waals surface area contributed by atoms with Gasteiger partial charge in [0.25, 0.3) is 0 Å². The third kappa shape index (κ3) is 8.39. The quantitative estimate of drug-likeness (QED) is 0.424. The van der Waals surface area contributed by atoms with Crippen molar-refractivity contribution in [1.29, 1.82) is 0 Å². The van der Waals surface area contributed by atoms with E-state index in [2.05, 4.69) is 47.9 Å². The Morgan fingerprint density at radius 2 is 1.10 bits per heavy atom. The van der Waals surface area contributed by atoms with E-state index in [4.69, 9.17) is 18.9 Å². The number of nitrogens with zero attached hydrogens (tertiary/aromatic N) is 2. The molecule has 2 atom stereocenters. The first-order chi connectivity index (χ1) is 18.7. The minimum absolute atomic E-state index is 0.224. The van der Waals surface area contributed by atoms with E-state index in [1.54, 1.807) is 0 Å². The summed E-state index contributed by atoms with van der Waals surface area (Å²) in [4.78, 5) is 4.42. The number of rotatable bonds is 12. The molecular formula is C31H46N2O6. The van der Waals surface area contributed by atoms with Gasteiger partial charge in [0.15, 0.2) is 0 Å². The van der Waals surface area contributed by atoms with E-state index in [9.17, 15) is 10.2 Å². The molecule has 2 aromatic rings. The first-order valence-electron chi connectivity index (χ1n) is 14.2. The Morgan fingerprint density at radius 1 is 0.718 bits per heavy atom. The lowest BCUT2D eigenvalue weighted by molar-refractivity contribution is 0.00446. The van der Waals surface area contributed by atoms with Gasteiger partial charge in [-0.2, -0.15) is 0 Å². The van der Waals surface area contributed by atoms with Crippen LogP contribution in [-0.4, -0.2) is 111 Å². The molecule has 0 aromatic heterocycles. The largest absolute Gasteiger partial charge is 0.491 e. The van der Waals surface area contributed by atoms with Crippen LogP contribution < -0.4 is 9.47 Å². The summed E-state index contributed by atoms with van der Waals surface area (Å²) in [5.41, 5.74) is 4.25. The average Bonchev–Trinajstić information content (AvgIpc) is 2.92. The summed E-state index contributed by atoms with van der Waals surface area (Å²) in [6.45, 7) is 16.5. The second kappa shape index (κ2) is 13.9. The molecule has 8 heteroatoms. The highest BCUT2D eigenvalue weighted by Gasteiger charge is 2.25. The topological polar surface area (TPSA) is 83.9 Å². The van der Waals surface area contributed by atoms with Gasteiger partial charge in [-0.05, 0) is 48.2 Å². The van der Waals surface area contributed by atoms with Crippen molar-refractivity contribution in [2.75, 3.05) is 78.9 Å². The van der Waals surface area contributed by atoms with E-state index in [0.29, 0.717) is 13.1 Å². The molecule has 39 heavy (non-hydrogen) atoms. The highest BCUT2D eigenvalue weighted by molar-refractivity contribution is 5.47. The molecule has 0 bridgehead atoms. The zero-order chi connectivity index (χ0) is 27.8. The predicted octanol–water partition coefficient (Wildman–Crippen LogP) is 2.77. The molecule has 0 spiro atoms. The average molecular weight is 543 g/mol. The molecule has 4 rings (SSSR count). The Balaban J connectivity index is 1.32. The molecule has 2 aliphatic heterocycles. The van der Waals surface area contributed by atoms with E-state index in [0.717, 1.165) is 75.2 Å². The molecule has 2 unspecified atom stereocenters. The van der Waals surface area contributed by atoms with Gasteiger partial charge in [-0.3, -0.25) is 9.80 Å². The predicted molar refractivity (Wildman–Crippen MR) is 152 cm³/mol. The molecule has 2 fully saturated rings. The number of hydrogen-bond donors (Lipinski definition) is 2. The summed E-state index contributed by atoms with van der Waals surface area (Å²) in [6, 6.07) is 12.6. The van der Waals surface area contributed by atoms with Crippen molar-refractivity contribution < 1.29 is 29.2 Å². The summed E-state index contributed by atoms with van der Waals surface area (Å²) in [5, 5.41) is 20.9. The van der Waals surface area contributed by atoms with E-state index in [1.165, 1.54) is 11.1 Å². The molecule has 8 nitrogen and oxygen atoms in total. The summed E-state index contributed by atoms with van der Waals surface area (Å²) in [6.07, 6.45) is -1.08. The smallest absolute Gasteiger partial charge is 0.122 e. The summed E-state index contributed by atoms with van der Waals surface area (Å²) >= 11 is 0. The van der Waals surface area contributed by atoms with Gasteiger partial charge in [0.1, 0.15) is 36.9 Å². The zero-order valence-corrected chi connectivity index (χ0v) is 24.0. The van der Waals surface area contributed by atoms with Gasteiger partial charge < -0.3 is 29.2 Å². The molecule has 0 radical (unpaired) electrons. The first-order valence-corrected chi connectivity index (χ1v) is 14.2. The molecule has 216 valence electrons. The van der Waals surface area contributed by atoms with Gasteiger partial charge in [-0.15, -0.1) is 0 Å². The molecule has 0 aliphatic carbocycles. The van der Waals surface area contributed by atoms with Gasteiger partial charge >= 0.3 is 0 Å². The van der Waals surface area contributed by atoms with E-state index in [1.807, 2.05) is 26.0 Å². The van der Waals surface area contributed by atoms with Crippen molar-refractivity contribution in [1.82, 2.24) is 9.80 Å². The molecule has 2 heterocycles. The highest BCUT2D eigenvalue weighted by atomic mass is 16.5. The number of benzene rings is 2. The summed E-state index contributed by atoms with van der Waals surface area (Å²) in [5.74, 6) is 1.59. The molecule has 2 aliphatic rings. The number of hydrogen-bond acceptors (Lipinski definition) is 8. The van der Waals surface area contributed by atoms with Crippen LogP contribution in [-0.2, 0) is 14.9 Å². The number of aliphatic hydroxyl groups excluding tert-OH is 2. The lowest BCUT2D eigenvalue weighted by Crippen LogP contribution is -2.42. The Morgan fingerprint density at radius 3 is 1.46 bits per heavy atom. The van der Waals surface area contributed by atoms with Gasteiger partial charge in [0.05, 0.1) is 26.4 Å². The fraction of sp³-hybridized carbons (Fsp3) is 0.613. The van der Waals surface area contributed by atoms with Crippen molar-refractivity contribution in [3.8, 4) is 11.5 Å². The Labute approximate surface area is 233 Å². The van der Waals surface area contributed by atoms with Crippen molar-refractivity contribution in [3.05, 3.63) is 58.7 Å². The van der Waals surface area contributed by atoms with Crippen LogP contribution in [0.25, 0.3) is 0 Å². The fourth-order valence-corrected chi connectivity index (χ4v) is 5.21. The molecule has 0 saturated carbocycles. The molecule has 0 amide bonds. The normalized spacial score (nSPS) is 19.0. The van der Waals surface area contributed by atoms with E-state index < -0.39 is 12.2 Å². The van der Waals surface area contributed by atoms with Gasteiger partial charge in [-0.25, -0.2) is 0 Å². The minimum Gasteiger partial charge on any atom is -0.491 e. The monoisotopic (exact) mass is 542 g/mol. The fourth-order valence-electron chi connectivity index (χ4n) is 5.21. The molecule has 2 N–H and O–H groups in total. The first kappa shape index (κ1) is 29.8. The van der Waals surface area contributed by atoms with Crippen molar-refractivity contribution in [2.45, 2.75) is 45.3 Å². The maximum Gasteiger partial charge on any atom is 0.122 e. The summed E-state index contributed by atoms with van der Waals surface area (Å²) in [7, 11) is 0. The van der Waals surface area contributed by atoms with Crippen LogP contribution in [0.15, 0.2) is 36.4 Å². The number of morpholine rings is 2. The Bertz CT molecular complexity index is 968. The minimum atomic E-state index is -0.539. The number of β-amino-alcohol motifs (C(OH)–C–C–N with tert-alkyl or cyclic N) is 2. The van der Waals surface area contributed by atoms with Gasteiger partial charge in [0.2, 0.25) is 0 Å². The third-order valence-corrected chi connectivity index (χ3v) is 7.80. The standard InChI is InChI=1S/C31H46N2O6/c1-23-17-25(5-7-29(23)38-21-27(34)19-32-9-13-36-14-10-32)31(3,4)26-6-8-30(24(2)18-26)39-22-28(35)20-33-11-15-37-16-12-33/h5-8,17-18,27-28,34-35H,9-16,19-22H2,1-4H3. The second-order valence-corrected chi connectivity index (χ2v) is 11.3. The van der Waals surface area contributed by atoms with Gasteiger partial charge in [-0.1, -0.05) is 38.1 Å². The SMILES string of the molecule is Cc1cc(C(C)(C)c2ccc(OCC(O)CN3CCOCC3)c(C)c2)ccc1OCC(O)CN1CCOCC1. The van der Waals surface area contributed by atoms with Crippen LogP contribution in [0.2, 0.25) is 0 Å². The van der Waals surface area contributed by atoms with E-state index >= 15 is 0 Å². The van der Waals surface area contributed by atoms with Crippen molar-refractivity contribution >= 4 is 0 Å². The van der Waals surface area contributed by atoms with Crippen molar-refractivity contribution in [2.24, 2.45) is 0 Å². The third-order valence-electron chi connectivity index (χ3n) is 7.80. The second-order valence-electron chi connectivity index (χ2n) is 11.3.